The summed E-state index contributed by atoms with van der Waals surface area (Å²) in [5.41, 5.74) is 0.856. The van der Waals surface area contributed by atoms with Gasteiger partial charge in [0, 0.05) is 36.1 Å². The summed E-state index contributed by atoms with van der Waals surface area (Å²) in [6.07, 6.45) is 5.12. The summed E-state index contributed by atoms with van der Waals surface area (Å²) >= 11 is 1.80. The van der Waals surface area contributed by atoms with Gasteiger partial charge in [-0.05, 0) is 17.5 Å². The maximum atomic E-state index is 5.50. The molecule has 1 atom stereocenters. The number of morpholine rings is 1. The minimum Gasteiger partial charge on any atom is -0.379 e. The molecule has 1 unspecified atom stereocenters. The second-order valence-corrected chi connectivity index (χ2v) is 6.65. The van der Waals surface area contributed by atoms with Gasteiger partial charge in [0.1, 0.15) is 12.1 Å². The molecular formula is C17H19N5OS. The van der Waals surface area contributed by atoms with E-state index in [-0.39, 0.29) is 0 Å². The number of nitrogens with one attached hydrogen (secondary N) is 1. The second kappa shape index (κ2) is 7.21. The van der Waals surface area contributed by atoms with E-state index in [0.717, 1.165) is 49.6 Å². The van der Waals surface area contributed by atoms with Crippen LogP contribution < -0.4 is 5.32 Å². The lowest BCUT2D eigenvalue weighted by Crippen LogP contribution is -2.41. The van der Waals surface area contributed by atoms with E-state index in [1.807, 2.05) is 6.07 Å². The summed E-state index contributed by atoms with van der Waals surface area (Å²) in [6.45, 7) is 4.31. The standard InChI is InChI=1S/C17H19N5OS/c1-2-16(24-9-1)15(22-5-7-23-8-6-22)11-19-17-13-3-4-18-10-14(13)20-12-21-17/h1-4,9-10,12,15H,5-8,11H2,(H,19,20,21). The SMILES string of the molecule is c1csc(C(CNc2ncnc3cnccc23)N2CCOCC2)c1. The molecule has 6 nitrogen and oxygen atoms in total. The summed E-state index contributed by atoms with van der Waals surface area (Å²) in [7, 11) is 0. The van der Waals surface area contributed by atoms with Crippen molar-refractivity contribution in [3.63, 3.8) is 0 Å². The Balaban J connectivity index is 1.56. The van der Waals surface area contributed by atoms with E-state index in [1.165, 1.54) is 4.88 Å². The van der Waals surface area contributed by atoms with Crippen molar-refractivity contribution in [2.45, 2.75) is 6.04 Å². The zero-order chi connectivity index (χ0) is 16.2. The molecule has 0 aliphatic carbocycles. The first-order valence-corrected chi connectivity index (χ1v) is 8.93. The Labute approximate surface area is 144 Å². The molecule has 0 radical (unpaired) electrons. The molecule has 1 N–H and O–H groups in total. The number of hydrogen-bond donors (Lipinski definition) is 1. The Morgan fingerprint density at radius 1 is 1.25 bits per heavy atom. The summed E-state index contributed by atoms with van der Waals surface area (Å²) in [5, 5.41) is 6.65. The van der Waals surface area contributed by atoms with Crippen molar-refractivity contribution in [3.8, 4) is 0 Å². The Morgan fingerprint density at radius 3 is 3.00 bits per heavy atom. The molecule has 3 aromatic rings. The van der Waals surface area contributed by atoms with Gasteiger partial charge in [-0.3, -0.25) is 9.88 Å². The normalized spacial score (nSPS) is 17.0. The van der Waals surface area contributed by atoms with Crippen LogP contribution >= 0.6 is 11.3 Å². The lowest BCUT2D eigenvalue weighted by atomic mass is 10.2. The maximum absolute atomic E-state index is 5.50. The van der Waals surface area contributed by atoms with Crippen molar-refractivity contribution in [3.05, 3.63) is 47.2 Å². The summed E-state index contributed by atoms with van der Waals surface area (Å²) < 4.78 is 5.50. The molecule has 1 aliphatic rings. The average molecular weight is 341 g/mol. The van der Waals surface area contributed by atoms with E-state index in [1.54, 1.807) is 30.1 Å². The first-order valence-electron chi connectivity index (χ1n) is 8.05. The van der Waals surface area contributed by atoms with E-state index in [9.17, 15) is 0 Å². The molecular weight excluding hydrogens is 322 g/mol. The van der Waals surface area contributed by atoms with Gasteiger partial charge >= 0.3 is 0 Å². The highest BCUT2D eigenvalue weighted by Gasteiger charge is 2.23. The molecule has 3 aromatic heterocycles. The topological polar surface area (TPSA) is 63.2 Å². The van der Waals surface area contributed by atoms with E-state index in [4.69, 9.17) is 4.74 Å². The number of anilines is 1. The van der Waals surface area contributed by atoms with Crippen LogP contribution in [0.4, 0.5) is 5.82 Å². The van der Waals surface area contributed by atoms with Crippen molar-refractivity contribution in [2.75, 3.05) is 38.2 Å². The molecule has 24 heavy (non-hydrogen) atoms. The molecule has 4 heterocycles. The van der Waals surface area contributed by atoms with E-state index in [2.05, 4.69) is 42.7 Å². The van der Waals surface area contributed by atoms with Crippen LogP contribution in [0.1, 0.15) is 10.9 Å². The smallest absolute Gasteiger partial charge is 0.137 e. The van der Waals surface area contributed by atoms with Crippen LogP contribution in [0, 0.1) is 0 Å². The number of hydrogen-bond acceptors (Lipinski definition) is 7. The summed E-state index contributed by atoms with van der Waals surface area (Å²) in [4.78, 5) is 16.7. The van der Waals surface area contributed by atoms with Crippen LogP contribution in [0.15, 0.2) is 42.3 Å². The third kappa shape index (κ3) is 3.24. The minimum atomic E-state index is 0.320. The van der Waals surface area contributed by atoms with Gasteiger partial charge < -0.3 is 10.1 Å². The van der Waals surface area contributed by atoms with Gasteiger partial charge in [0.15, 0.2) is 0 Å². The van der Waals surface area contributed by atoms with Gasteiger partial charge in [0.2, 0.25) is 0 Å². The Kier molecular flexibility index (Phi) is 4.64. The van der Waals surface area contributed by atoms with Gasteiger partial charge in [-0.15, -0.1) is 11.3 Å². The molecule has 1 aliphatic heterocycles. The number of ether oxygens (including phenoxy) is 1. The Bertz CT molecular complexity index is 783. The second-order valence-electron chi connectivity index (χ2n) is 5.68. The third-order valence-corrected chi connectivity index (χ3v) is 5.23. The molecule has 7 heteroatoms. The molecule has 124 valence electrons. The van der Waals surface area contributed by atoms with Crippen LogP contribution in [0.5, 0.6) is 0 Å². The van der Waals surface area contributed by atoms with Crippen molar-refractivity contribution >= 4 is 28.1 Å². The van der Waals surface area contributed by atoms with Gasteiger partial charge in [-0.1, -0.05) is 6.07 Å². The molecule has 0 aromatic carbocycles. The van der Waals surface area contributed by atoms with Crippen LogP contribution in [0.25, 0.3) is 10.9 Å². The fourth-order valence-electron chi connectivity index (χ4n) is 3.02. The quantitative estimate of drug-likeness (QED) is 0.769. The molecule has 1 saturated heterocycles. The van der Waals surface area contributed by atoms with Crippen molar-refractivity contribution in [1.29, 1.82) is 0 Å². The van der Waals surface area contributed by atoms with Crippen molar-refractivity contribution in [1.82, 2.24) is 19.9 Å². The number of thiophene rings is 1. The highest BCUT2D eigenvalue weighted by molar-refractivity contribution is 7.10. The van der Waals surface area contributed by atoms with Gasteiger partial charge in [-0.25, -0.2) is 9.97 Å². The number of pyridine rings is 1. The number of rotatable bonds is 5. The van der Waals surface area contributed by atoms with Crippen LogP contribution in [0.3, 0.4) is 0 Å². The highest BCUT2D eigenvalue weighted by Crippen LogP contribution is 2.27. The Hall–Kier alpha value is -2.09. The molecule has 1 fully saturated rings. The predicted octanol–water partition coefficient (Wildman–Crippen LogP) is 2.57. The molecule has 0 saturated carbocycles. The molecule has 0 spiro atoms. The number of aromatic nitrogens is 3. The van der Waals surface area contributed by atoms with Crippen molar-refractivity contribution < 1.29 is 4.74 Å². The first kappa shape index (κ1) is 15.4. The number of fused-ring (bicyclic) bond motifs is 1. The molecule has 4 rings (SSSR count). The van der Waals surface area contributed by atoms with E-state index >= 15 is 0 Å². The first-order chi connectivity index (χ1) is 11.9. The third-order valence-electron chi connectivity index (χ3n) is 4.26. The fraction of sp³-hybridized carbons (Fsp3) is 0.353. The fourth-order valence-corrected chi connectivity index (χ4v) is 3.88. The summed E-state index contributed by atoms with van der Waals surface area (Å²) in [5.74, 6) is 0.859. The van der Waals surface area contributed by atoms with Crippen LogP contribution in [-0.2, 0) is 4.74 Å². The van der Waals surface area contributed by atoms with Crippen LogP contribution in [0.2, 0.25) is 0 Å². The molecule has 0 bridgehead atoms. The van der Waals surface area contributed by atoms with Crippen molar-refractivity contribution in [2.24, 2.45) is 0 Å². The van der Waals surface area contributed by atoms with E-state index < -0.39 is 0 Å². The highest BCUT2D eigenvalue weighted by atomic mass is 32.1. The lowest BCUT2D eigenvalue weighted by Gasteiger charge is -2.34. The Morgan fingerprint density at radius 2 is 2.17 bits per heavy atom. The monoisotopic (exact) mass is 341 g/mol. The lowest BCUT2D eigenvalue weighted by molar-refractivity contribution is 0.0194. The molecule has 0 amide bonds. The van der Waals surface area contributed by atoms with Crippen LogP contribution in [-0.4, -0.2) is 52.7 Å². The predicted molar refractivity (Wildman–Crippen MR) is 95.3 cm³/mol. The minimum absolute atomic E-state index is 0.320. The largest absolute Gasteiger partial charge is 0.379 e. The zero-order valence-corrected chi connectivity index (χ0v) is 14.1. The summed E-state index contributed by atoms with van der Waals surface area (Å²) in [6, 6.07) is 6.58. The van der Waals surface area contributed by atoms with Gasteiger partial charge in [0.05, 0.1) is 31.0 Å². The van der Waals surface area contributed by atoms with Gasteiger partial charge in [0.25, 0.3) is 0 Å². The van der Waals surface area contributed by atoms with E-state index in [0.29, 0.717) is 6.04 Å². The number of nitrogens with zero attached hydrogens (tertiary/aromatic N) is 4. The maximum Gasteiger partial charge on any atom is 0.137 e. The van der Waals surface area contributed by atoms with Gasteiger partial charge in [-0.2, -0.15) is 0 Å². The zero-order valence-electron chi connectivity index (χ0n) is 13.3. The average Bonchev–Trinajstić information content (AvgIpc) is 3.17.